The van der Waals surface area contributed by atoms with Crippen LogP contribution >= 0.6 is 11.3 Å². The van der Waals surface area contributed by atoms with Gasteiger partial charge < -0.3 is 9.72 Å². The van der Waals surface area contributed by atoms with Crippen molar-refractivity contribution >= 4 is 11.3 Å². The minimum absolute atomic E-state index is 0.0874. The molecular weight excluding hydrogens is 386 g/mol. The Morgan fingerprint density at radius 3 is 2.97 bits per heavy atom. The molecule has 1 aliphatic rings. The number of rotatable bonds is 7. The van der Waals surface area contributed by atoms with Crippen LogP contribution in [0.5, 0.6) is 0 Å². The summed E-state index contributed by atoms with van der Waals surface area (Å²) in [5, 5.41) is 2.00. The lowest BCUT2D eigenvalue weighted by Crippen LogP contribution is -2.35. The predicted octanol–water partition coefficient (Wildman–Crippen LogP) is 2.86. The molecule has 1 fully saturated rings. The van der Waals surface area contributed by atoms with E-state index in [4.69, 9.17) is 9.72 Å². The number of ether oxygens (including phenoxy) is 1. The van der Waals surface area contributed by atoms with Crippen molar-refractivity contribution in [3.63, 3.8) is 0 Å². The van der Waals surface area contributed by atoms with Gasteiger partial charge >= 0.3 is 0 Å². The number of H-pyrrole nitrogens is 1. The fraction of sp³-hybridized carbons (Fsp3) is 0.429. The van der Waals surface area contributed by atoms with Crippen molar-refractivity contribution in [2.45, 2.75) is 31.7 Å². The Labute approximate surface area is 173 Å². The molecule has 0 amide bonds. The zero-order valence-electron chi connectivity index (χ0n) is 16.5. The minimum atomic E-state index is -0.0874. The van der Waals surface area contributed by atoms with E-state index in [-0.39, 0.29) is 11.5 Å². The topological polar surface area (TPSA) is 84.0 Å². The maximum Gasteiger partial charge on any atom is 0.251 e. The fourth-order valence-electron chi connectivity index (χ4n) is 3.69. The number of hydrogen-bond acceptors (Lipinski definition) is 7. The fourth-order valence-corrected chi connectivity index (χ4v) is 4.37. The van der Waals surface area contributed by atoms with Crippen molar-refractivity contribution in [1.82, 2.24) is 24.8 Å². The van der Waals surface area contributed by atoms with E-state index in [2.05, 4.69) is 19.9 Å². The van der Waals surface area contributed by atoms with Crippen LogP contribution in [0.2, 0.25) is 0 Å². The van der Waals surface area contributed by atoms with Crippen LogP contribution in [0.15, 0.2) is 40.8 Å². The smallest absolute Gasteiger partial charge is 0.251 e. The van der Waals surface area contributed by atoms with Crippen LogP contribution in [0.1, 0.15) is 36.0 Å². The van der Waals surface area contributed by atoms with Crippen LogP contribution in [-0.4, -0.2) is 51.6 Å². The summed E-state index contributed by atoms with van der Waals surface area (Å²) in [7, 11) is 1.68. The van der Waals surface area contributed by atoms with E-state index in [1.54, 1.807) is 24.5 Å². The monoisotopic (exact) mass is 411 g/mol. The summed E-state index contributed by atoms with van der Waals surface area (Å²) in [6.07, 6.45) is 6.63. The summed E-state index contributed by atoms with van der Waals surface area (Å²) in [5.74, 6) is 1.81. The molecule has 0 bridgehead atoms. The van der Waals surface area contributed by atoms with Gasteiger partial charge in [0.1, 0.15) is 11.6 Å². The highest BCUT2D eigenvalue weighted by atomic mass is 32.1. The van der Waals surface area contributed by atoms with E-state index in [9.17, 15) is 4.79 Å². The SMILES string of the molecule is COCCc1ncc(CN2CCC[C@@H](c3nc(-c4cccs4)cc(=O)[nH]3)C2)cn1. The third-order valence-electron chi connectivity index (χ3n) is 5.12. The number of thiophene rings is 1. The van der Waals surface area contributed by atoms with Crippen molar-refractivity contribution in [2.75, 3.05) is 26.8 Å². The van der Waals surface area contributed by atoms with Crippen molar-refractivity contribution in [3.05, 3.63) is 63.5 Å². The van der Waals surface area contributed by atoms with Crippen molar-refractivity contribution < 1.29 is 4.74 Å². The number of aromatic nitrogens is 4. The first-order valence-corrected chi connectivity index (χ1v) is 10.8. The standard InChI is InChI=1S/C21H25N5O2S/c1-28-8-6-19-22-11-15(12-23-19)13-26-7-2-4-16(14-26)21-24-17(10-20(27)25-21)18-5-3-9-29-18/h3,5,9-12,16H,2,4,6-8,13-14H2,1H3,(H,24,25,27)/t16-/m1/s1. The molecule has 1 atom stereocenters. The summed E-state index contributed by atoms with van der Waals surface area (Å²) in [4.78, 5) is 32.2. The minimum Gasteiger partial charge on any atom is -0.384 e. The van der Waals surface area contributed by atoms with Crippen molar-refractivity contribution in [2.24, 2.45) is 0 Å². The zero-order valence-corrected chi connectivity index (χ0v) is 17.3. The first kappa shape index (κ1) is 19.9. The zero-order chi connectivity index (χ0) is 20.1. The molecule has 152 valence electrons. The van der Waals surface area contributed by atoms with Gasteiger partial charge in [-0.05, 0) is 30.8 Å². The molecule has 1 saturated heterocycles. The molecule has 0 aromatic carbocycles. The number of hydrogen-bond donors (Lipinski definition) is 1. The van der Waals surface area contributed by atoms with Crippen LogP contribution in [0.25, 0.3) is 10.6 Å². The Bertz CT molecular complexity index is 971. The molecule has 3 aromatic heterocycles. The van der Waals surface area contributed by atoms with E-state index in [1.807, 2.05) is 29.9 Å². The van der Waals surface area contributed by atoms with Gasteiger partial charge in [-0.1, -0.05) is 6.07 Å². The molecule has 0 radical (unpaired) electrons. The van der Waals surface area contributed by atoms with Crippen molar-refractivity contribution in [3.8, 4) is 10.6 Å². The average Bonchev–Trinajstić information content (AvgIpc) is 3.28. The lowest BCUT2D eigenvalue weighted by Gasteiger charge is -2.32. The number of nitrogens with one attached hydrogen (secondary N) is 1. The van der Waals surface area contributed by atoms with E-state index in [0.29, 0.717) is 6.61 Å². The first-order chi connectivity index (χ1) is 14.2. The van der Waals surface area contributed by atoms with Gasteiger partial charge in [-0.25, -0.2) is 15.0 Å². The summed E-state index contributed by atoms with van der Waals surface area (Å²) >= 11 is 1.60. The van der Waals surface area contributed by atoms with Gasteiger partial charge in [0, 0.05) is 56.6 Å². The first-order valence-electron chi connectivity index (χ1n) is 9.87. The molecule has 8 heteroatoms. The third kappa shape index (κ3) is 5.14. The number of nitrogens with zero attached hydrogens (tertiary/aromatic N) is 4. The Balaban J connectivity index is 1.44. The Morgan fingerprint density at radius 1 is 1.34 bits per heavy atom. The second kappa shape index (κ2) is 9.39. The summed E-state index contributed by atoms with van der Waals surface area (Å²) in [6.45, 7) is 3.32. The Hall–Kier alpha value is -2.42. The third-order valence-corrected chi connectivity index (χ3v) is 6.01. The number of aromatic amines is 1. The maximum absolute atomic E-state index is 12.2. The van der Waals surface area contributed by atoms with Crippen LogP contribution < -0.4 is 5.56 Å². The quantitative estimate of drug-likeness (QED) is 0.644. The molecule has 0 aliphatic carbocycles. The highest BCUT2D eigenvalue weighted by molar-refractivity contribution is 7.13. The molecule has 4 heterocycles. The Morgan fingerprint density at radius 2 is 2.21 bits per heavy atom. The van der Waals surface area contributed by atoms with Crippen molar-refractivity contribution in [1.29, 1.82) is 0 Å². The number of methoxy groups -OCH3 is 1. The predicted molar refractivity (Wildman–Crippen MR) is 113 cm³/mol. The molecular formula is C21H25N5O2S. The summed E-state index contributed by atoms with van der Waals surface area (Å²) in [5.41, 5.74) is 1.77. The maximum atomic E-state index is 12.2. The van der Waals surface area contributed by atoms with Crippen LogP contribution in [0.4, 0.5) is 0 Å². The van der Waals surface area contributed by atoms with Crippen LogP contribution in [-0.2, 0) is 17.7 Å². The molecule has 0 unspecified atom stereocenters. The molecule has 0 spiro atoms. The van der Waals surface area contributed by atoms with E-state index in [1.165, 1.54) is 0 Å². The van der Waals surface area contributed by atoms with Gasteiger partial charge in [0.2, 0.25) is 0 Å². The lowest BCUT2D eigenvalue weighted by molar-refractivity contribution is 0.195. The molecule has 3 aromatic rings. The van der Waals surface area contributed by atoms with Gasteiger partial charge in [-0.3, -0.25) is 9.69 Å². The van der Waals surface area contributed by atoms with Gasteiger partial charge in [-0.15, -0.1) is 11.3 Å². The highest BCUT2D eigenvalue weighted by Gasteiger charge is 2.24. The molecule has 29 heavy (non-hydrogen) atoms. The van der Waals surface area contributed by atoms with Gasteiger partial charge in [0.05, 0.1) is 17.2 Å². The molecule has 0 saturated carbocycles. The molecule has 4 rings (SSSR count). The number of piperidine rings is 1. The van der Waals surface area contributed by atoms with Gasteiger partial charge in [0.25, 0.3) is 5.56 Å². The summed E-state index contributed by atoms with van der Waals surface area (Å²) in [6, 6.07) is 5.56. The average molecular weight is 412 g/mol. The largest absolute Gasteiger partial charge is 0.384 e. The summed E-state index contributed by atoms with van der Waals surface area (Å²) < 4.78 is 5.07. The second-order valence-electron chi connectivity index (χ2n) is 7.32. The lowest BCUT2D eigenvalue weighted by atomic mass is 9.96. The molecule has 1 aliphatic heterocycles. The van der Waals surface area contributed by atoms with Gasteiger partial charge in [0.15, 0.2) is 0 Å². The van der Waals surface area contributed by atoms with Gasteiger partial charge in [-0.2, -0.15) is 0 Å². The van der Waals surface area contributed by atoms with Crippen LogP contribution in [0.3, 0.4) is 0 Å². The van der Waals surface area contributed by atoms with E-state index < -0.39 is 0 Å². The molecule has 7 nitrogen and oxygen atoms in total. The van der Waals surface area contributed by atoms with E-state index >= 15 is 0 Å². The highest BCUT2D eigenvalue weighted by Crippen LogP contribution is 2.27. The molecule has 1 N–H and O–H groups in total. The van der Waals surface area contributed by atoms with E-state index in [0.717, 1.165) is 66.7 Å². The van der Waals surface area contributed by atoms with Crippen LogP contribution in [0, 0.1) is 0 Å². The Kier molecular flexibility index (Phi) is 6.43. The number of likely N-dealkylation sites (tertiary alicyclic amines) is 1. The second-order valence-corrected chi connectivity index (χ2v) is 8.27. The normalized spacial score (nSPS) is 17.5.